The number of thiazole rings is 1. The van der Waals surface area contributed by atoms with Gasteiger partial charge >= 0.3 is 0 Å². The minimum atomic E-state index is -0.0442. The van der Waals surface area contributed by atoms with E-state index in [4.69, 9.17) is 0 Å². The third-order valence-corrected chi connectivity index (χ3v) is 5.38. The summed E-state index contributed by atoms with van der Waals surface area (Å²) in [6.45, 7) is 2.39. The number of fused-ring (bicyclic) bond motifs is 1. The van der Waals surface area contributed by atoms with Crippen LogP contribution in [0.4, 0.5) is 0 Å². The highest BCUT2D eigenvalue weighted by Crippen LogP contribution is 2.26. The average molecular weight is 333 g/mol. The van der Waals surface area contributed by atoms with Crippen molar-refractivity contribution in [2.24, 2.45) is 5.92 Å². The first-order valence-electron chi connectivity index (χ1n) is 8.37. The van der Waals surface area contributed by atoms with Gasteiger partial charge in [-0.3, -0.25) is 14.0 Å². The number of rotatable bonds is 5. The summed E-state index contributed by atoms with van der Waals surface area (Å²) < 4.78 is 1.64. The Hall–Kier alpha value is -1.69. The molecule has 2 aromatic heterocycles. The number of hydrogen-bond donors (Lipinski definition) is 1. The Balaban J connectivity index is 1.54. The lowest BCUT2D eigenvalue weighted by Crippen LogP contribution is -2.29. The Labute approximate surface area is 139 Å². The normalized spacial score (nSPS) is 15.9. The van der Waals surface area contributed by atoms with E-state index in [1.54, 1.807) is 10.5 Å². The average Bonchev–Trinajstić information content (AvgIpc) is 2.91. The highest BCUT2D eigenvalue weighted by molar-refractivity contribution is 7.15. The predicted octanol–water partition coefficient (Wildman–Crippen LogP) is 2.69. The fraction of sp³-hybridized carbons (Fsp3) is 0.588. The van der Waals surface area contributed by atoms with E-state index in [1.807, 2.05) is 12.3 Å². The van der Waals surface area contributed by atoms with Gasteiger partial charge in [0, 0.05) is 42.2 Å². The van der Waals surface area contributed by atoms with Gasteiger partial charge in [0.1, 0.15) is 0 Å². The Morgan fingerprint density at radius 1 is 1.39 bits per heavy atom. The minimum Gasteiger partial charge on any atom is -0.356 e. The number of aryl methyl sites for hydroxylation is 1. The van der Waals surface area contributed by atoms with E-state index in [2.05, 4.69) is 10.3 Å². The van der Waals surface area contributed by atoms with Gasteiger partial charge in [-0.15, -0.1) is 11.3 Å². The van der Waals surface area contributed by atoms with Crippen molar-refractivity contribution < 1.29 is 4.79 Å². The van der Waals surface area contributed by atoms with Crippen molar-refractivity contribution in [1.29, 1.82) is 0 Å². The van der Waals surface area contributed by atoms with Crippen LogP contribution in [0.1, 0.15) is 49.9 Å². The Morgan fingerprint density at radius 2 is 2.17 bits per heavy atom. The van der Waals surface area contributed by atoms with E-state index >= 15 is 0 Å². The van der Waals surface area contributed by atoms with Gasteiger partial charge < -0.3 is 5.32 Å². The number of carbonyl (C=O) groups excluding carboxylic acids is 1. The zero-order valence-electron chi connectivity index (χ0n) is 13.5. The van der Waals surface area contributed by atoms with Crippen molar-refractivity contribution in [2.45, 2.75) is 51.9 Å². The summed E-state index contributed by atoms with van der Waals surface area (Å²) in [6.07, 6.45) is 7.49. The molecule has 1 aliphatic carbocycles. The van der Waals surface area contributed by atoms with Crippen molar-refractivity contribution in [3.63, 3.8) is 0 Å². The second kappa shape index (κ2) is 7.25. The SMILES string of the molecule is Cc1cc(=O)n2c(CCNC(=O)CC3CCCCC3)csc2n1. The van der Waals surface area contributed by atoms with Crippen LogP contribution in [0.25, 0.3) is 4.96 Å². The molecule has 3 rings (SSSR count). The van der Waals surface area contributed by atoms with E-state index in [0.717, 1.165) is 16.3 Å². The third-order valence-electron chi connectivity index (χ3n) is 4.51. The molecule has 1 aliphatic rings. The van der Waals surface area contributed by atoms with Gasteiger partial charge in [-0.05, 0) is 25.7 Å². The van der Waals surface area contributed by atoms with Gasteiger partial charge in [-0.25, -0.2) is 4.98 Å². The third kappa shape index (κ3) is 3.99. The Morgan fingerprint density at radius 3 is 2.96 bits per heavy atom. The fourth-order valence-corrected chi connectivity index (χ4v) is 4.29. The minimum absolute atomic E-state index is 0.0442. The second-order valence-corrected chi connectivity index (χ2v) is 7.23. The molecule has 2 aromatic rings. The summed E-state index contributed by atoms with van der Waals surface area (Å²) in [7, 11) is 0. The summed E-state index contributed by atoms with van der Waals surface area (Å²) in [5, 5.41) is 4.95. The molecule has 0 aliphatic heterocycles. The number of nitrogens with one attached hydrogen (secondary N) is 1. The monoisotopic (exact) mass is 333 g/mol. The van der Waals surface area contributed by atoms with Gasteiger partial charge in [-0.2, -0.15) is 0 Å². The molecular weight excluding hydrogens is 310 g/mol. The Bertz CT molecular complexity index is 744. The van der Waals surface area contributed by atoms with Crippen LogP contribution in [-0.2, 0) is 11.2 Å². The maximum Gasteiger partial charge on any atom is 0.258 e. The molecule has 0 aromatic carbocycles. The van der Waals surface area contributed by atoms with Crippen molar-refractivity contribution >= 4 is 22.2 Å². The summed E-state index contributed by atoms with van der Waals surface area (Å²) >= 11 is 1.47. The van der Waals surface area contributed by atoms with E-state index in [9.17, 15) is 9.59 Å². The summed E-state index contributed by atoms with van der Waals surface area (Å²) in [5.74, 6) is 0.693. The van der Waals surface area contributed by atoms with Crippen LogP contribution in [0.15, 0.2) is 16.2 Å². The van der Waals surface area contributed by atoms with Crippen molar-refractivity contribution in [1.82, 2.24) is 14.7 Å². The van der Waals surface area contributed by atoms with E-state index < -0.39 is 0 Å². The van der Waals surface area contributed by atoms with Gasteiger partial charge in [0.25, 0.3) is 5.56 Å². The first kappa shape index (κ1) is 16.2. The fourth-order valence-electron chi connectivity index (χ4n) is 3.31. The molecule has 0 atom stereocenters. The lowest BCUT2D eigenvalue weighted by molar-refractivity contribution is -0.122. The van der Waals surface area contributed by atoms with Gasteiger partial charge in [-0.1, -0.05) is 19.3 Å². The molecule has 2 heterocycles. The molecule has 23 heavy (non-hydrogen) atoms. The number of hydrogen-bond acceptors (Lipinski definition) is 4. The number of nitrogens with zero attached hydrogens (tertiary/aromatic N) is 2. The first-order valence-corrected chi connectivity index (χ1v) is 9.25. The van der Waals surface area contributed by atoms with Crippen LogP contribution >= 0.6 is 11.3 Å². The molecule has 1 N–H and O–H groups in total. The van der Waals surface area contributed by atoms with Crippen LogP contribution in [-0.4, -0.2) is 21.8 Å². The standard InChI is InChI=1S/C17H23N3O2S/c1-12-9-16(22)20-14(11-23-17(20)19-12)7-8-18-15(21)10-13-5-3-2-4-6-13/h9,11,13H,2-8,10H2,1H3,(H,18,21). The zero-order chi connectivity index (χ0) is 16.2. The number of amides is 1. The zero-order valence-corrected chi connectivity index (χ0v) is 14.3. The summed E-state index contributed by atoms with van der Waals surface area (Å²) in [5.41, 5.74) is 1.61. The first-order chi connectivity index (χ1) is 11.1. The molecule has 124 valence electrons. The van der Waals surface area contributed by atoms with Gasteiger partial charge in [0.05, 0.1) is 0 Å². The maximum atomic E-state index is 12.1. The molecule has 0 spiro atoms. The molecule has 0 unspecified atom stereocenters. The smallest absolute Gasteiger partial charge is 0.258 e. The molecular formula is C17H23N3O2S. The van der Waals surface area contributed by atoms with Crippen molar-refractivity contribution in [2.75, 3.05) is 6.54 Å². The Kier molecular flexibility index (Phi) is 5.10. The molecule has 0 radical (unpaired) electrons. The maximum absolute atomic E-state index is 12.1. The van der Waals surface area contributed by atoms with Crippen LogP contribution in [0.2, 0.25) is 0 Å². The second-order valence-electron chi connectivity index (χ2n) is 6.39. The van der Waals surface area contributed by atoms with Crippen molar-refractivity contribution in [3.8, 4) is 0 Å². The molecule has 1 amide bonds. The summed E-state index contributed by atoms with van der Waals surface area (Å²) in [4.78, 5) is 29.2. The highest BCUT2D eigenvalue weighted by atomic mass is 32.1. The number of aromatic nitrogens is 2. The van der Waals surface area contributed by atoms with Crippen LogP contribution in [0.3, 0.4) is 0 Å². The lowest BCUT2D eigenvalue weighted by atomic mass is 9.87. The van der Waals surface area contributed by atoms with E-state index in [1.165, 1.54) is 43.4 Å². The highest BCUT2D eigenvalue weighted by Gasteiger charge is 2.16. The number of carbonyl (C=O) groups is 1. The van der Waals surface area contributed by atoms with E-state index in [0.29, 0.717) is 25.3 Å². The van der Waals surface area contributed by atoms with Crippen LogP contribution in [0.5, 0.6) is 0 Å². The van der Waals surface area contributed by atoms with Gasteiger partial charge in [0.2, 0.25) is 5.91 Å². The molecule has 1 fully saturated rings. The molecule has 1 saturated carbocycles. The summed E-state index contributed by atoms with van der Waals surface area (Å²) in [6, 6.07) is 1.55. The lowest BCUT2D eigenvalue weighted by Gasteiger charge is -2.20. The van der Waals surface area contributed by atoms with Gasteiger partial charge in [0.15, 0.2) is 4.96 Å². The topological polar surface area (TPSA) is 63.5 Å². The van der Waals surface area contributed by atoms with Crippen LogP contribution < -0.4 is 10.9 Å². The predicted molar refractivity (Wildman–Crippen MR) is 92.0 cm³/mol. The quantitative estimate of drug-likeness (QED) is 0.915. The largest absolute Gasteiger partial charge is 0.356 e. The molecule has 5 nitrogen and oxygen atoms in total. The van der Waals surface area contributed by atoms with Crippen LogP contribution in [0, 0.1) is 12.8 Å². The molecule has 0 bridgehead atoms. The van der Waals surface area contributed by atoms with Crippen molar-refractivity contribution in [3.05, 3.63) is 33.2 Å². The molecule has 6 heteroatoms. The molecule has 0 saturated heterocycles. The van der Waals surface area contributed by atoms with E-state index in [-0.39, 0.29) is 11.5 Å².